The predicted octanol–water partition coefficient (Wildman–Crippen LogP) is 0.558. The van der Waals surface area contributed by atoms with Crippen LogP contribution in [-0.4, -0.2) is 26.9 Å². The fourth-order valence-electron chi connectivity index (χ4n) is 1.29. The van der Waals surface area contributed by atoms with Gasteiger partial charge in [0.1, 0.15) is 11.7 Å². The van der Waals surface area contributed by atoms with Crippen LogP contribution < -0.4 is 11.1 Å². The van der Waals surface area contributed by atoms with Crippen molar-refractivity contribution in [2.45, 2.75) is 52.2 Å². The van der Waals surface area contributed by atoms with E-state index in [9.17, 15) is 4.79 Å². The van der Waals surface area contributed by atoms with Crippen LogP contribution in [0.2, 0.25) is 0 Å². The second kappa shape index (κ2) is 4.83. The molecule has 0 aliphatic rings. The molecule has 1 amide bonds. The van der Waals surface area contributed by atoms with Crippen LogP contribution in [0.25, 0.3) is 0 Å². The van der Waals surface area contributed by atoms with Gasteiger partial charge in [0.15, 0.2) is 0 Å². The van der Waals surface area contributed by atoms with E-state index in [2.05, 4.69) is 15.6 Å². The van der Waals surface area contributed by atoms with Crippen molar-refractivity contribution in [1.29, 1.82) is 0 Å². The lowest BCUT2D eigenvalue weighted by atomic mass is 10.0. The quantitative estimate of drug-likeness (QED) is 0.803. The number of nitrogens with two attached hydrogens (primary N) is 1. The van der Waals surface area contributed by atoms with E-state index in [1.165, 1.54) is 4.68 Å². The lowest BCUT2D eigenvalue weighted by Gasteiger charge is -2.15. The molecule has 1 aromatic heterocycles. The van der Waals surface area contributed by atoms with Crippen LogP contribution in [0.4, 0.5) is 0 Å². The van der Waals surface area contributed by atoms with Gasteiger partial charge in [-0.3, -0.25) is 4.79 Å². The molecule has 1 atom stereocenters. The van der Waals surface area contributed by atoms with Crippen molar-refractivity contribution in [3.8, 4) is 0 Å². The Labute approximate surface area is 102 Å². The Balaban J connectivity index is 2.80. The second-order valence-corrected chi connectivity index (χ2v) is 5.14. The zero-order valence-corrected chi connectivity index (χ0v) is 11.1. The number of carbonyl (C=O) groups excluding carboxylic acids is 1. The molecule has 6 heteroatoms. The minimum absolute atomic E-state index is 0.0775. The van der Waals surface area contributed by atoms with Gasteiger partial charge >= 0.3 is 0 Å². The molecule has 0 aliphatic carbocycles. The Morgan fingerprint density at radius 3 is 2.47 bits per heavy atom. The normalized spacial score (nSPS) is 13.8. The second-order valence-electron chi connectivity index (χ2n) is 5.14. The standard InChI is InChI=1S/C11H21N5O/c1-7(2)13-10(17)8(3)16-6-9(14-15-16)11(4,5)12/h6-8H,12H2,1-5H3,(H,13,17). The molecule has 1 aromatic rings. The van der Waals surface area contributed by atoms with Crippen LogP contribution in [0.5, 0.6) is 0 Å². The number of nitrogens with one attached hydrogen (secondary N) is 1. The zero-order valence-electron chi connectivity index (χ0n) is 11.1. The van der Waals surface area contributed by atoms with Crippen LogP contribution >= 0.6 is 0 Å². The Hall–Kier alpha value is -1.43. The first-order valence-electron chi connectivity index (χ1n) is 5.73. The van der Waals surface area contributed by atoms with Gasteiger partial charge in [-0.1, -0.05) is 5.21 Å². The number of amides is 1. The van der Waals surface area contributed by atoms with E-state index >= 15 is 0 Å². The fraction of sp³-hybridized carbons (Fsp3) is 0.727. The third-order valence-corrected chi connectivity index (χ3v) is 2.38. The molecule has 0 fully saturated rings. The summed E-state index contributed by atoms with van der Waals surface area (Å²) in [5.74, 6) is -0.0775. The van der Waals surface area contributed by atoms with Gasteiger partial charge in [-0.25, -0.2) is 4.68 Å². The first kappa shape index (κ1) is 13.6. The molecule has 0 saturated carbocycles. The Kier molecular flexibility index (Phi) is 3.87. The van der Waals surface area contributed by atoms with Crippen LogP contribution in [0.15, 0.2) is 6.20 Å². The Morgan fingerprint density at radius 2 is 2.06 bits per heavy atom. The molecular formula is C11H21N5O. The Bertz CT molecular complexity index is 391. The summed E-state index contributed by atoms with van der Waals surface area (Å²) < 4.78 is 1.53. The van der Waals surface area contributed by atoms with E-state index in [1.54, 1.807) is 13.1 Å². The van der Waals surface area contributed by atoms with E-state index < -0.39 is 5.54 Å². The van der Waals surface area contributed by atoms with Crippen molar-refractivity contribution in [3.05, 3.63) is 11.9 Å². The minimum atomic E-state index is -0.549. The van der Waals surface area contributed by atoms with Crippen molar-refractivity contribution in [1.82, 2.24) is 20.3 Å². The highest BCUT2D eigenvalue weighted by Gasteiger charge is 2.22. The van der Waals surface area contributed by atoms with E-state index in [0.717, 1.165) is 0 Å². The van der Waals surface area contributed by atoms with Gasteiger partial charge in [0.2, 0.25) is 5.91 Å². The SMILES string of the molecule is CC(C)NC(=O)C(C)n1cc(C(C)(C)N)nn1. The predicted molar refractivity (Wildman–Crippen MR) is 65.2 cm³/mol. The summed E-state index contributed by atoms with van der Waals surface area (Å²) in [5, 5.41) is 10.7. The van der Waals surface area contributed by atoms with Gasteiger partial charge in [-0.15, -0.1) is 5.10 Å². The highest BCUT2D eigenvalue weighted by Crippen LogP contribution is 2.14. The molecule has 0 bridgehead atoms. The van der Waals surface area contributed by atoms with Gasteiger partial charge < -0.3 is 11.1 Å². The van der Waals surface area contributed by atoms with Crippen LogP contribution in [0.3, 0.4) is 0 Å². The number of hydrogen-bond donors (Lipinski definition) is 2. The van der Waals surface area contributed by atoms with E-state index in [1.807, 2.05) is 27.7 Å². The summed E-state index contributed by atoms with van der Waals surface area (Å²) >= 11 is 0. The minimum Gasteiger partial charge on any atom is -0.352 e. The lowest BCUT2D eigenvalue weighted by Crippen LogP contribution is -2.36. The first-order valence-corrected chi connectivity index (χ1v) is 5.73. The third kappa shape index (κ3) is 3.52. The van der Waals surface area contributed by atoms with E-state index in [-0.39, 0.29) is 18.0 Å². The molecular weight excluding hydrogens is 218 g/mol. The van der Waals surface area contributed by atoms with Gasteiger partial charge in [-0.2, -0.15) is 0 Å². The molecule has 0 spiro atoms. The van der Waals surface area contributed by atoms with Gasteiger partial charge in [0.25, 0.3) is 0 Å². The van der Waals surface area contributed by atoms with Crippen LogP contribution in [0.1, 0.15) is 46.4 Å². The largest absolute Gasteiger partial charge is 0.352 e. The number of nitrogens with zero attached hydrogens (tertiary/aromatic N) is 3. The highest BCUT2D eigenvalue weighted by atomic mass is 16.2. The molecule has 1 heterocycles. The van der Waals surface area contributed by atoms with Crippen molar-refractivity contribution < 1.29 is 4.79 Å². The topological polar surface area (TPSA) is 85.8 Å². The highest BCUT2D eigenvalue weighted by molar-refractivity contribution is 5.79. The average Bonchev–Trinajstić information content (AvgIpc) is 2.63. The third-order valence-electron chi connectivity index (χ3n) is 2.38. The smallest absolute Gasteiger partial charge is 0.244 e. The van der Waals surface area contributed by atoms with Crippen molar-refractivity contribution in [3.63, 3.8) is 0 Å². The lowest BCUT2D eigenvalue weighted by molar-refractivity contribution is -0.124. The molecule has 0 aliphatic heterocycles. The van der Waals surface area contributed by atoms with Gasteiger partial charge in [-0.05, 0) is 34.6 Å². The van der Waals surface area contributed by atoms with Gasteiger partial charge in [0.05, 0.1) is 11.7 Å². The maximum Gasteiger partial charge on any atom is 0.244 e. The summed E-state index contributed by atoms with van der Waals surface area (Å²) in [4.78, 5) is 11.8. The monoisotopic (exact) mass is 239 g/mol. The van der Waals surface area contributed by atoms with E-state index in [0.29, 0.717) is 5.69 Å². The van der Waals surface area contributed by atoms with Gasteiger partial charge in [0, 0.05) is 6.04 Å². The molecule has 1 unspecified atom stereocenters. The van der Waals surface area contributed by atoms with E-state index in [4.69, 9.17) is 5.73 Å². The molecule has 96 valence electrons. The summed E-state index contributed by atoms with van der Waals surface area (Å²) in [7, 11) is 0. The Morgan fingerprint density at radius 1 is 1.47 bits per heavy atom. The first-order chi connectivity index (χ1) is 7.71. The van der Waals surface area contributed by atoms with Crippen molar-refractivity contribution in [2.75, 3.05) is 0 Å². The summed E-state index contributed by atoms with van der Waals surface area (Å²) in [6.45, 7) is 9.31. The summed E-state index contributed by atoms with van der Waals surface area (Å²) in [6, 6.07) is -0.278. The average molecular weight is 239 g/mol. The molecule has 0 saturated heterocycles. The van der Waals surface area contributed by atoms with Crippen LogP contribution in [0, 0.1) is 0 Å². The molecule has 0 aromatic carbocycles. The number of carbonyl (C=O) groups is 1. The fourth-order valence-corrected chi connectivity index (χ4v) is 1.29. The molecule has 0 radical (unpaired) electrons. The maximum atomic E-state index is 11.8. The zero-order chi connectivity index (χ0) is 13.2. The van der Waals surface area contributed by atoms with Crippen LogP contribution in [-0.2, 0) is 10.3 Å². The molecule has 1 rings (SSSR count). The molecule has 6 nitrogen and oxygen atoms in total. The molecule has 3 N–H and O–H groups in total. The van der Waals surface area contributed by atoms with Crippen molar-refractivity contribution in [2.24, 2.45) is 5.73 Å². The molecule has 17 heavy (non-hydrogen) atoms. The van der Waals surface area contributed by atoms with Crippen molar-refractivity contribution >= 4 is 5.91 Å². The maximum absolute atomic E-state index is 11.8. The number of aromatic nitrogens is 3. The number of rotatable bonds is 4. The number of hydrogen-bond acceptors (Lipinski definition) is 4. The summed E-state index contributed by atoms with van der Waals surface area (Å²) in [5.41, 5.74) is 6.03. The summed E-state index contributed by atoms with van der Waals surface area (Å²) in [6.07, 6.45) is 1.71.